The van der Waals surface area contributed by atoms with Crippen molar-refractivity contribution in [1.82, 2.24) is 25.1 Å². The number of hydrogen-bond donors (Lipinski definition) is 2. The standard InChI is InChI=1S/C21H31N5O2/c1-16(2)28-15-18-6-4-17(5-7-18)12-24-20(27)14-26-11-8-22-13-19(26)21-23-9-10-25(21)3/h4-7,9-10,16,19,22H,8,11-15H2,1-3H3,(H,24,27). The molecule has 2 N–H and O–H groups in total. The molecular weight excluding hydrogens is 354 g/mol. The minimum atomic E-state index is 0.0355. The van der Waals surface area contributed by atoms with Crippen LogP contribution in [-0.2, 0) is 29.7 Å². The topological polar surface area (TPSA) is 71.4 Å². The van der Waals surface area contributed by atoms with E-state index in [0.717, 1.165) is 36.6 Å². The fraction of sp³-hybridized carbons (Fsp3) is 0.524. The predicted octanol–water partition coefficient (Wildman–Crippen LogP) is 1.61. The van der Waals surface area contributed by atoms with E-state index in [-0.39, 0.29) is 18.1 Å². The fourth-order valence-corrected chi connectivity index (χ4v) is 3.35. The van der Waals surface area contributed by atoms with Gasteiger partial charge in [0.05, 0.1) is 25.3 Å². The van der Waals surface area contributed by atoms with Gasteiger partial charge in [0.2, 0.25) is 5.91 Å². The molecule has 1 unspecified atom stereocenters. The van der Waals surface area contributed by atoms with Crippen LogP contribution in [0, 0.1) is 0 Å². The normalized spacial score (nSPS) is 17.8. The molecule has 1 aromatic carbocycles. The molecule has 1 atom stereocenters. The summed E-state index contributed by atoms with van der Waals surface area (Å²) in [5.74, 6) is 1.02. The van der Waals surface area contributed by atoms with Gasteiger partial charge in [0.25, 0.3) is 0 Å². The smallest absolute Gasteiger partial charge is 0.234 e. The molecule has 1 fully saturated rings. The van der Waals surface area contributed by atoms with Gasteiger partial charge < -0.3 is 19.9 Å². The Hall–Kier alpha value is -2.22. The van der Waals surface area contributed by atoms with Crippen LogP contribution in [-0.4, -0.2) is 52.6 Å². The van der Waals surface area contributed by atoms with Gasteiger partial charge in [0.15, 0.2) is 0 Å². The van der Waals surface area contributed by atoms with Crippen molar-refractivity contribution in [3.63, 3.8) is 0 Å². The zero-order chi connectivity index (χ0) is 19.9. The van der Waals surface area contributed by atoms with Gasteiger partial charge in [-0.3, -0.25) is 9.69 Å². The number of benzene rings is 1. The largest absolute Gasteiger partial charge is 0.374 e. The van der Waals surface area contributed by atoms with Crippen LogP contribution < -0.4 is 10.6 Å². The third kappa shape index (κ3) is 5.64. The molecule has 1 saturated heterocycles. The summed E-state index contributed by atoms with van der Waals surface area (Å²) < 4.78 is 7.63. The summed E-state index contributed by atoms with van der Waals surface area (Å²) in [5, 5.41) is 6.43. The molecule has 3 rings (SSSR count). The van der Waals surface area contributed by atoms with Crippen LogP contribution in [0.1, 0.15) is 36.8 Å². The first-order valence-electron chi connectivity index (χ1n) is 9.91. The molecule has 7 heteroatoms. The Labute approximate surface area is 167 Å². The summed E-state index contributed by atoms with van der Waals surface area (Å²) in [6, 6.07) is 8.30. The maximum Gasteiger partial charge on any atom is 0.234 e. The minimum absolute atomic E-state index is 0.0355. The summed E-state index contributed by atoms with van der Waals surface area (Å²) in [6.07, 6.45) is 3.97. The predicted molar refractivity (Wildman–Crippen MR) is 109 cm³/mol. The van der Waals surface area contributed by atoms with Gasteiger partial charge in [0.1, 0.15) is 5.82 Å². The zero-order valence-electron chi connectivity index (χ0n) is 17.0. The monoisotopic (exact) mass is 385 g/mol. The molecule has 1 amide bonds. The van der Waals surface area contributed by atoms with Crippen molar-refractivity contribution in [1.29, 1.82) is 0 Å². The number of hydrogen-bond acceptors (Lipinski definition) is 5. The van der Waals surface area contributed by atoms with Crippen molar-refractivity contribution >= 4 is 5.91 Å². The van der Waals surface area contributed by atoms with E-state index in [1.807, 2.05) is 43.8 Å². The lowest BCUT2D eigenvalue weighted by molar-refractivity contribution is -0.123. The number of amides is 1. The van der Waals surface area contributed by atoms with Crippen molar-refractivity contribution in [2.45, 2.75) is 39.1 Å². The zero-order valence-corrected chi connectivity index (χ0v) is 17.0. The van der Waals surface area contributed by atoms with Crippen LogP contribution >= 0.6 is 0 Å². The van der Waals surface area contributed by atoms with Crippen molar-refractivity contribution in [3.8, 4) is 0 Å². The molecule has 0 bridgehead atoms. The number of aryl methyl sites for hydroxylation is 1. The Morgan fingerprint density at radius 2 is 2.07 bits per heavy atom. The molecule has 0 spiro atoms. The average molecular weight is 386 g/mol. The van der Waals surface area contributed by atoms with Gasteiger partial charge >= 0.3 is 0 Å². The van der Waals surface area contributed by atoms with E-state index in [0.29, 0.717) is 19.7 Å². The minimum Gasteiger partial charge on any atom is -0.374 e. The summed E-state index contributed by atoms with van der Waals surface area (Å²) in [7, 11) is 1.99. The van der Waals surface area contributed by atoms with E-state index in [1.54, 1.807) is 6.20 Å². The van der Waals surface area contributed by atoms with Crippen LogP contribution in [0.3, 0.4) is 0 Å². The number of imidazole rings is 1. The Morgan fingerprint density at radius 3 is 2.75 bits per heavy atom. The highest BCUT2D eigenvalue weighted by atomic mass is 16.5. The van der Waals surface area contributed by atoms with Crippen LogP contribution in [0.15, 0.2) is 36.7 Å². The Bertz CT molecular complexity index is 756. The van der Waals surface area contributed by atoms with E-state index in [9.17, 15) is 4.79 Å². The number of carbonyl (C=O) groups is 1. The first-order valence-corrected chi connectivity index (χ1v) is 9.91. The van der Waals surface area contributed by atoms with E-state index < -0.39 is 0 Å². The highest BCUT2D eigenvalue weighted by Gasteiger charge is 2.28. The Morgan fingerprint density at radius 1 is 1.32 bits per heavy atom. The first kappa shape index (κ1) is 20.5. The number of piperazine rings is 1. The summed E-state index contributed by atoms with van der Waals surface area (Å²) >= 11 is 0. The maximum absolute atomic E-state index is 12.5. The summed E-state index contributed by atoms with van der Waals surface area (Å²) in [4.78, 5) is 19.2. The third-order valence-corrected chi connectivity index (χ3v) is 4.95. The number of nitrogens with zero attached hydrogens (tertiary/aromatic N) is 3. The SMILES string of the molecule is CC(C)OCc1ccc(CNC(=O)CN2CCNCC2c2nccn2C)cc1. The molecule has 152 valence electrons. The van der Waals surface area contributed by atoms with Crippen molar-refractivity contribution in [3.05, 3.63) is 53.6 Å². The van der Waals surface area contributed by atoms with Gasteiger partial charge in [-0.25, -0.2) is 4.98 Å². The molecule has 1 aliphatic heterocycles. The van der Waals surface area contributed by atoms with Gasteiger partial charge in [-0.1, -0.05) is 24.3 Å². The molecule has 0 saturated carbocycles. The van der Waals surface area contributed by atoms with E-state index >= 15 is 0 Å². The number of rotatable bonds is 8. The van der Waals surface area contributed by atoms with Gasteiger partial charge in [-0.15, -0.1) is 0 Å². The molecule has 7 nitrogen and oxygen atoms in total. The lowest BCUT2D eigenvalue weighted by atomic mass is 10.1. The molecule has 0 radical (unpaired) electrons. The third-order valence-electron chi connectivity index (χ3n) is 4.95. The van der Waals surface area contributed by atoms with E-state index in [4.69, 9.17) is 4.74 Å². The van der Waals surface area contributed by atoms with Crippen LogP contribution in [0.5, 0.6) is 0 Å². The molecule has 0 aliphatic carbocycles. The first-order chi connectivity index (χ1) is 13.5. The quantitative estimate of drug-likeness (QED) is 0.722. The van der Waals surface area contributed by atoms with Gasteiger partial charge in [-0.05, 0) is 25.0 Å². The van der Waals surface area contributed by atoms with Crippen LogP contribution in [0.4, 0.5) is 0 Å². The maximum atomic E-state index is 12.5. The lowest BCUT2D eigenvalue weighted by Crippen LogP contribution is -2.50. The lowest BCUT2D eigenvalue weighted by Gasteiger charge is -2.35. The Balaban J connectivity index is 1.50. The number of ether oxygens (including phenoxy) is 1. The highest BCUT2D eigenvalue weighted by Crippen LogP contribution is 2.19. The molecule has 1 aliphatic rings. The van der Waals surface area contributed by atoms with Gasteiger partial charge in [-0.2, -0.15) is 0 Å². The van der Waals surface area contributed by atoms with E-state index in [2.05, 4.69) is 32.7 Å². The van der Waals surface area contributed by atoms with Crippen molar-refractivity contribution in [2.24, 2.45) is 7.05 Å². The van der Waals surface area contributed by atoms with Gasteiger partial charge in [0, 0.05) is 45.6 Å². The number of carbonyl (C=O) groups excluding carboxylic acids is 1. The highest BCUT2D eigenvalue weighted by molar-refractivity contribution is 5.78. The second kappa shape index (κ2) is 9.82. The molecule has 2 heterocycles. The van der Waals surface area contributed by atoms with E-state index in [1.165, 1.54) is 0 Å². The number of nitrogens with one attached hydrogen (secondary N) is 2. The summed E-state index contributed by atoms with van der Waals surface area (Å²) in [6.45, 7) is 8.09. The molecular formula is C21H31N5O2. The molecule has 1 aromatic heterocycles. The molecule has 28 heavy (non-hydrogen) atoms. The average Bonchev–Trinajstić information content (AvgIpc) is 3.11. The number of aromatic nitrogens is 2. The second-order valence-corrected chi connectivity index (χ2v) is 7.54. The van der Waals surface area contributed by atoms with Crippen molar-refractivity contribution < 1.29 is 9.53 Å². The fourth-order valence-electron chi connectivity index (χ4n) is 3.35. The molecule has 2 aromatic rings. The second-order valence-electron chi connectivity index (χ2n) is 7.54. The van der Waals surface area contributed by atoms with Crippen LogP contribution in [0.2, 0.25) is 0 Å². The summed E-state index contributed by atoms with van der Waals surface area (Å²) in [5.41, 5.74) is 2.23. The Kier molecular flexibility index (Phi) is 7.19. The van der Waals surface area contributed by atoms with Crippen molar-refractivity contribution in [2.75, 3.05) is 26.2 Å². The van der Waals surface area contributed by atoms with Crippen LogP contribution in [0.25, 0.3) is 0 Å².